The van der Waals surface area contributed by atoms with E-state index in [1.165, 1.54) is 5.38 Å². The summed E-state index contributed by atoms with van der Waals surface area (Å²) < 4.78 is 5.01. The highest BCUT2D eigenvalue weighted by Gasteiger charge is 2.16. The van der Waals surface area contributed by atoms with Crippen LogP contribution in [-0.2, 0) is 24.0 Å². The number of carbonyl (C=O) groups excluding carboxylic acids is 3. The van der Waals surface area contributed by atoms with E-state index in [1.807, 2.05) is 0 Å². The van der Waals surface area contributed by atoms with E-state index in [1.54, 1.807) is 20.8 Å². The van der Waals surface area contributed by atoms with Crippen molar-refractivity contribution in [2.75, 3.05) is 11.9 Å². The Hall–Kier alpha value is -2.29. The third-order valence-corrected chi connectivity index (χ3v) is 2.60. The van der Waals surface area contributed by atoms with Gasteiger partial charge < -0.3 is 14.9 Å². The summed E-state index contributed by atoms with van der Waals surface area (Å²) in [5.74, 6) is -0.599. The smallest absolute Gasteiger partial charge is 0.347 e. The molecule has 0 saturated carbocycles. The van der Waals surface area contributed by atoms with Gasteiger partial charge in [-0.05, 0) is 20.8 Å². The third kappa shape index (κ3) is 6.13. The van der Waals surface area contributed by atoms with Crippen LogP contribution >= 0.6 is 11.3 Å². The standard InChI is InChI=1S/C12H15N3O5S/c1-12(2,3)20-10(18)5-19-15-8(4-16)9-6-21-11(14-9)13-7-17/h4,6-7H,5H2,1-3H3,(H,13,14,17). The van der Waals surface area contributed by atoms with Crippen LogP contribution in [0.3, 0.4) is 0 Å². The molecule has 0 aromatic carbocycles. The predicted octanol–water partition coefficient (Wildman–Crippen LogP) is 0.973. The molecule has 8 nitrogen and oxygen atoms in total. The van der Waals surface area contributed by atoms with E-state index in [2.05, 4.69) is 15.5 Å². The lowest BCUT2D eigenvalue weighted by Crippen LogP contribution is -2.26. The lowest BCUT2D eigenvalue weighted by Gasteiger charge is -2.18. The van der Waals surface area contributed by atoms with Crippen molar-refractivity contribution in [3.05, 3.63) is 11.1 Å². The second-order valence-corrected chi connectivity index (χ2v) is 5.61. The Bertz CT molecular complexity index is 547. The molecule has 1 amide bonds. The van der Waals surface area contributed by atoms with Gasteiger partial charge in [-0.1, -0.05) is 5.16 Å². The molecule has 1 aromatic heterocycles. The average Bonchev–Trinajstić information content (AvgIpc) is 2.81. The molecule has 1 rings (SSSR count). The first-order valence-corrected chi connectivity index (χ1v) is 6.76. The summed E-state index contributed by atoms with van der Waals surface area (Å²) in [7, 11) is 0. The minimum absolute atomic E-state index is 0.0891. The van der Waals surface area contributed by atoms with E-state index in [-0.39, 0.29) is 11.4 Å². The molecule has 0 bridgehead atoms. The fraction of sp³-hybridized carbons (Fsp3) is 0.417. The zero-order valence-electron chi connectivity index (χ0n) is 11.8. The third-order valence-electron chi connectivity index (χ3n) is 1.83. The number of oxime groups is 1. The van der Waals surface area contributed by atoms with Gasteiger partial charge in [0.05, 0.1) is 0 Å². The van der Waals surface area contributed by atoms with E-state index in [0.717, 1.165) is 11.3 Å². The Morgan fingerprint density at radius 2 is 2.19 bits per heavy atom. The largest absolute Gasteiger partial charge is 0.457 e. The van der Waals surface area contributed by atoms with E-state index >= 15 is 0 Å². The molecule has 0 aliphatic rings. The van der Waals surface area contributed by atoms with Crippen molar-refractivity contribution in [1.29, 1.82) is 0 Å². The molecule has 0 saturated heterocycles. The topological polar surface area (TPSA) is 107 Å². The second kappa shape index (κ2) is 7.48. The van der Waals surface area contributed by atoms with Gasteiger partial charge in [0.25, 0.3) is 0 Å². The normalized spacial score (nSPS) is 11.7. The van der Waals surface area contributed by atoms with Crippen molar-refractivity contribution in [3.63, 3.8) is 0 Å². The molecule has 0 spiro atoms. The van der Waals surface area contributed by atoms with Crippen molar-refractivity contribution in [2.24, 2.45) is 5.16 Å². The number of aromatic nitrogens is 1. The average molecular weight is 313 g/mol. The number of anilines is 1. The Balaban J connectivity index is 2.61. The van der Waals surface area contributed by atoms with Crippen LogP contribution in [0.2, 0.25) is 0 Å². The van der Waals surface area contributed by atoms with Crippen molar-refractivity contribution in [1.82, 2.24) is 4.98 Å². The highest BCUT2D eigenvalue weighted by atomic mass is 32.1. The fourth-order valence-corrected chi connectivity index (χ4v) is 1.83. The molecule has 114 valence electrons. The summed E-state index contributed by atoms with van der Waals surface area (Å²) in [6.07, 6.45) is 0.911. The zero-order valence-corrected chi connectivity index (χ0v) is 12.6. The number of esters is 1. The lowest BCUT2D eigenvalue weighted by atomic mass is 10.2. The number of thiazole rings is 1. The molecule has 1 heterocycles. The molecule has 0 unspecified atom stereocenters. The fourth-order valence-electron chi connectivity index (χ4n) is 1.16. The number of aldehydes is 1. The number of nitrogens with zero attached hydrogens (tertiary/aromatic N) is 2. The van der Waals surface area contributed by atoms with Crippen molar-refractivity contribution >= 4 is 40.8 Å². The quantitative estimate of drug-likeness (QED) is 0.348. The molecule has 1 N–H and O–H groups in total. The van der Waals surface area contributed by atoms with Gasteiger partial charge in [0, 0.05) is 5.38 Å². The second-order valence-electron chi connectivity index (χ2n) is 4.75. The van der Waals surface area contributed by atoms with Crippen LogP contribution in [0.25, 0.3) is 0 Å². The summed E-state index contributed by atoms with van der Waals surface area (Å²) in [5, 5.41) is 7.72. The molecule has 21 heavy (non-hydrogen) atoms. The van der Waals surface area contributed by atoms with Crippen LogP contribution in [0.4, 0.5) is 5.13 Å². The first-order chi connectivity index (χ1) is 9.85. The Morgan fingerprint density at radius 3 is 2.76 bits per heavy atom. The lowest BCUT2D eigenvalue weighted by molar-refractivity contribution is -0.160. The molecular weight excluding hydrogens is 298 g/mol. The van der Waals surface area contributed by atoms with Gasteiger partial charge in [0.15, 0.2) is 17.1 Å². The first-order valence-electron chi connectivity index (χ1n) is 5.89. The minimum atomic E-state index is -0.623. The van der Waals surface area contributed by atoms with Gasteiger partial charge in [0.1, 0.15) is 11.3 Å². The Labute approximate surface area is 125 Å². The van der Waals surface area contributed by atoms with E-state index in [0.29, 0.717) is 17.8 Å². The summed E-state index contributed by atoms with van der Waals surface area (Å²) in [5.41, 5.74) is -0.473. The predicted molar refractivity (Wildman–Crippen MR) is 76.2 cm³/mol. The Morgan fingerprint density at radius 1 is 1.48 bits per heavy atom. The number of hydrogen-bond donors (Lipinski definition) is 1. The van der Waals surface area contributed by atoms with Crippen LogP contribution < -0.4 is 5.32 Å². The molecule has 1 aromatic rings. The molecule has 0 radical (unpaired) electrons. The van der Waals surface area contributed by atoms with Gasteiger partial charge in [-0.15, -0.1) is 11.3 Å². The van der Waals surface area contributed by atoms with Gasteiger partial charge in [0.2, 0.25) is 13.0 Å². The number of hydrogen-bond acceptors (Lipinski definition) is 8. The molecule has 0 aliphatic carbocycles. The zero-order chi connectivity index (χ0) is 15.9. The van der Waals surface area contributed by atoms with Gasteiger partial charge in [-0.2, -0.15) is 0 Å². The van der Waals surface area contributed by atoms with Gasteiger partial charge in [-0.3, -0.25) is 9.59 Å². The summed E-state index contributed by atoms with van der Waals surface area (Å²) >= 11 is 1.13. The van der Waals surface area contributed by atoms with Gasteiger partial charge >= 0.3 is 5.97 Å². The number of nitrogens with one attached hydrogen (secondary N) is 1. The molecule has 0 atom stereocenters. The molecular formula is C12H15N3O5S. The van der Waals surface area contributed by atoms with Crippen molar-refractivity contribution in [2.45, 2.75) is 26.4 Å². The summed E-state index contributed by atoms with van der Waals surface area (Å²) in [6, 6.07) is 0. The SMILES string of the molecule is CC(C)(C)OC(=O)CON=C(C=O)c1csc(NC=O)n1. The van der Waals surface area contributed by atoms with E-state index < -0.39 is 18.2 Å². The molecule has 0 aliphatic heterocycles. The monoisotopic (exact) mass is 313 g/mol. The maximum Gasteiger partial charge on any atom is 0.347 e. The number of ether oxygens (including phenoxy) is 1. The van der Waals surface area contributed by atoms with Crippen LogP contribution in [0, 0.1) is 0 Å². The van der Waals surface area contributed by atoms with E-state index in [4.69, 9.17) is 9.57 Å². The Kier molecular flexibility index (Phi) is 5.97. The van der Waals surface area contributed by atoms with Crippen molar-refractivity contribution < 1.29 is 24.0 Å². The maximum absolute atomic E-state index is 11.4. The van der Waals surface area contributed by atoms with Crippen LogP contribution in [-0.4, -0.2) is 41.6 Å². The number of carbonyl (C=O) groups is 3. The van der Waals surface area contributed by atoms with Crippen LogP contribution in [0.15, 0.2) is 10.5 Å². The number of rotatable bonds is 7. The first kappa shape index (κ1) is 16.8. The van der Waals surface area contributed by atoms with Gasteiger partial charge in [-0.25, -0.2) is 9.78 Å². The van der Waals surface area contributed by atoms with Crippen LogP contribution in [0.5, 0.6) is 0 Å². The molecule has 0 fully saturated rings. The minimum Gasteiger partial charge on any atom is -0.457 e. The maximum atomic E-state index is 11.4. The summed E-state index contributed by atoms with van der Waals surface area (Å²) in [6.45, 7) is 4.75. The highest BCUT2D eigenvalue weighted by molar-refractivity contribution is 7.14. The van der Waals surface area contributed by atoms with E-state index in [9.17, 15) is 14.4 Å². The van der Waals surface area contributed by atoms with Crippen molar-refractivity contribution in [3.8, 4) is 0 Å². The highest BCUT2D eigenvalue weighted by Crippen LogP contribution is 2.15. The van der Waals surface area contributed by atoms with Crippen LogP contribution in [0.1, 0.15) is 26.5 Å². The number of amides is 1. The molecule has 9 heteroatoms. The summed E-state index contributed by atoms with van der Waals surface area (Å²) in [4.78, 5) is 41.3.